The van der Waals surface area contributed by atoms with Gasteiger partial charge < -0.3 is 5.32 Å². The van der Waals surface area contributed by atoms with Crippen LogP contribution in [-0.2, 0) is 6.42 Å². The first-order chi connectivity index (χ1) is 6.67. The molecule has 0 aliphatic rings. The predicted molar refractivity (Wildman–Crippen MR) is 58.3 cm³/mol. The molecule has 78 valence electrons. The zero-order valence-corrected chi connectivity index (χ0v) is 9.24. The lowest BCUT2D eigenvalue weighted by atomic mass is 10.0. The van der Waals surface area contributed by atoms with Gasteiger partial charge in [0, 0.05) is 6.04 Å². The summed E-state index contributed by atoms with van der Waals surface area (Å²) in [6.45, 7) is 2.10. The van der Waals surface area contributed by atoms with Crippen molar-refractivity contribution in [1.29, 1.82) is 0 Å². The van der Waals surface area contributed by atoms with E-state index in [-0.39, 0.29) is 10.8 Å². The molecule has 1 rings (SSSR count). The van der Waals surface area contributed by atoms with Crippen LogP contribution < -0.4 is 5.32 Å². The third-order valence-electron chi connectivity index (χ3n) is 2.37. The van der Waals surface area contributed by atoms with E-state index in [0.29, 0.717) is 6.04 Å². The summed E-state index contributed by atoms with van der Waals surface area (Å²) in [4.78, 5) is 0. The van der Waals surface area contributed by atoms with Gasteiger partial charge in [-0.05, 0) is 37.6 Å². The Balaban J connectivity index is 2.72. The van der Waals surface area contributed by atoms with E-state index in [1.54, 1.807) is 6.07 Å². The van der Waals surface area contributed by atoms with Crippen molar-refractivity contribution in [2.24, 2.45) is 0 Å². The molecule has 1 aromatic carbocycles. The quantitative estimate of drug-likeness (QED) is 0.814. The van der Waals surface area contributed by atoms with Crippen molar-refractivity contribution in [2.75, 3.05) is 7.05 Å². The second-order valence-corrected chi connectivity index (χ2v) is 3.75. The second-order valence-electron chi connectivity index (χ2n) is 3.35. The maximum atomic E-state index is 13.1. The van der Waals surface area contributed by atoms with Gasteiger partial charge in [-0.3, -0.25) is 0 Å². The molecule has 1 atom stereocenters. The number of likely N-dealkylation sites (N-methyl/N-ethyl adjacent to an activating group) is 1. The zero-order chi connectivity index (χ0) is 10.6. The Morgan fingerprint density at radius 1 is 1.50 bits per heavy atom. The summed E-state index contributed by atoms with van der Waals surface area (Å²) in [5.74, 6) is -0.338. The summed E-state index contributed by atoms with van der Waals surface area (Å²) < 4.78 is 13.1. The Morgan fingerprint density at radius 3 is 2.71 bits per heavy atom. The largest absolute Gasteiger partial charge is 0.317 e. The molecule has 0 bridgehead atoms. The lowest BCUT2D eigenvalue weighted by Crippen LogP contribution is -2.26. The van der Waals surface area contributed by atoms with Gasteiger partial charge in [-0.15, -0.1) is 0 Å². The van der Waals surface area contributed by atoms with Crippen LogP contribution in [0.4, 0.5) is 4.39 Å². The van der Waals surface area contributed by atoms with E-state index in [0.717, 1.165) is 18.4 Å². The van der Waals surface area contributed by atoms with Crippen molar-refractivity contribution >= 4 is 11.6 Å². The molecule has 1 aromatic rings. The molecule has 0 saturated heterocycles. The summed E-state index contributed by atoms with van der Waals surface area (Å²) in [5.41, 5.74) is 0.980. The highest BCUT2D eigenvalue weighted by Gasteiger charge is 2.06. The van der Waals surface area contributed by atoms with E-state index in [9.17, 15) is 4.39 Å². The van der Waals surface area contributed by atoms with Crippen molar-refractivity contribution < 1.29 is 4.39 Å². The smallest absolute Gasteiger partial charge is 0.142 e. The predicted octanol–water partition coefficient (Wildman–Crippen LogP) is 3.02. The summed E-state index contributed by atoms with van der Waals surface area (Å²) in [7, 11) is 1.92. The lowest BCUT2D eigenvalue weighted by molar-refractivity contribution is 0.540. The molecule has 1 unspecified atom stereocenters. The number of benzene rings is 1. The van der Waals surface area contributed by atoms with Crippen LogP contribution in [-0.4, -0.2) is 13.1 Å². The number of halogens is 2. The standard InChI is InChI=1S/C11H15ClFN/c1-3-9(14-2)6-8-4-5-10(12)11(13)7-8/h4-5,7,9,14H,3,6H2,1-2H3. The SMILES string of the molecule is CCC(Cc1ccc(Cl)c(F)c1)NC. The fraction of sp³-hybridized carbons (Fsp3) is 0.455. The normalized spacial score (nSPS) is 12.9. The highest BCUT2D eigenvalue weighted by Crippen LogP contribution is 2.16. The molecule has 0 aromatic heterocycles. The van der Waals surface area contributed by atoms with E-state index >= 15 is 0 Å². The molecule has 1 N–H and O–H groups in total. The Kier molecular flexibility index (Phi) is 4.36. The lowest BCUT2D eigenvalue weighted by Gasteiger charge is -2.13. The maximum Gasteiger partial charge on any atom is 0.142 e. The van der Waals surface area contributed by atoms with Gasteiger partial charge in [0.25, 0.3) is 0 Å². The van der Waals surface area contributed by atoms with Gasteiger partial charge in [0.05, 0.1) is 5.02 Å². The van der Waals surface area contributed by atoms with Crippen LogP contribution >= 0.6 is 11.6 Å². The average Bonchev–Trinajstić information content (AvgIpc) is 2.19. The summed E-state index contributed by atoms with van der Waals surface area (Å²) >= 11 is 5.59. The van der Waals surface area contributed by atoms with Crippen molar-refractivity contribution in [3.63, 3.8) is 0 Å². The fourth-order valence-corrected chi connectivity index (χ4v) is 1.52. The Morgan fingerprint density at radius 2 is 2.21 bits per heavy atom. The average molecular weight is 216 g/mol. The third kappa shape index (κ3) is 2.96. The third-order valence-corrected chi connectivity index (χ3v) is 2.67. The Hall–Kier alpha value is -0.600. The number of hydrogen-bond donors (Lipinski definition) is 1. The van der Waals surface area contributed by atoms with Gasteiger partial charge in [-0.1, -0.05) is 24.6 Å². The number of nitrogens with one attached hydrogen (secondary N) is 1. The first-order valence-corrected chi connectivity index (χ1v) is 5.16. The molecule has 0 heterocycles. The van der Waals surface area contributed by atoms with Gasteiger partial charge in [-0.2, -0.15) is 0 Å². The molecular formula is C11H15ClFN. The summed E-state index contributed by atoms with van der Waals surface area (Å²) in [6.07, 6.45) is 1.86. The monoisotopic (exact) mass is 215 g/mol. The topological polar surface area (TPSA) is 12.0 Å². The zero-order valence-electron chi connectivity index (χ0n) is 8.48. The van der Waals surface area contributed by atoms with E-state index in [1.807, 2.05) is 13.1 Å². The van der Waals surface area contributed by atoms with Crippen molar-refractivity contribution in [1.82, 2.24) is 5.32 Å². The number of rotatable bonds is 4. The van der Waals surface area contributed by atoms with Gasteiger partial charge in [0.15, 0.2) is 0 Å². The highest BCUT2D eigenvalue weighted by atomic mass is 35.5. The maximum absolute atomic E-state index is 13.1. The van der Waals surface area contributed by atoms with Crippen LogP contribution in [0.2, 0.25) is 5.02 Å². The molecule has 0 amide bonds. The molecule has 0 aliphatic carbocycles. The van der Waals surface area contributed by atoms with Crippen molar-refractivity contribution in [3.05, 3.63) is 34.6 Å². The van der Waals surface area contributed by atoms with E-state index in [1.165, 1.54) is 6.07 Å². The highest BCUT2D eigenvalue weighted by molar-refractivity contribution is 6.30. The van der Waals surface area contributed by atoms with Crippen LogP contribution in [0.3, 0.4) is 0 Å². The fourth-order valence-electron chi connectivity index (χ4n) is 1.40. The van der Waals surface area contributed by atoms with Gasteiger partial charge in [-0.25, -0.2) is 4.39 Å². The molecule has 3 heteroatoms. The van der Waals surface area contributed by atoms with E-state index in [2.05, 4.69) is 12.2 Å². The first-order valence-electron chi connectivity index (χ1n) is 4.78. The Bertz CT molecular complexity index is 297. The van der Waals surface area contributed by atoms with Crippen LogP contribution in [0.25, 0.3) is 0 Å². The van der Waals surface area contributed by atoms with Gasteiger partial charge >= 0.3 is 0 Å². The molecule has 14 heavy (non-hydrogen) atoms. The minimum Gasteiger partial charge on any atom is -0.317 e. The number of hydrogen-bond acceptors (Lipinski definition) is 1. The van der Waals surface area contributed by atoms with Crippen LogP contribution in [0.5, 0.6) is 0 Å². The van der Waals surface area contributed by atoms with E-state index in [4.69, 9.17) is 11.6 Å². The van der Waals surface area contributed by atoms with Crippen LogP contribution in [0.1, 0.15) is 18.9 Å². The van der Waals surface area contributed by atoms with Gasteiger partial charge in [0.2, 0.25) is 0 Å². The van der Waals surface area contributed by atoms with Gasteiger partial charge in [0.1, 0.15) is 5.82 Å². The van der Waals surface area contributed by atoms with Crippen molar-refractivity contribution in [3.8, 4) is 0 Å². The minimum atomic E-state index is -0.338. The van der Waals surface area contributed by atoms with Crippen molar-refractivity contribution in [2.45, 2.75) is 25.8 Å². The first kappa shape index (κ1) is 11.5. The summed E-state index contributed by atoms with van der Waals surface area (Å²) in [5, 5.41) is 3.37. The molecule has 0 radical (unpaired) electrons. The molecule has 0 fully saturated rings. The summed E-state index contributed by atoms with van der Waals surface area (Å²) in [6, 6.07) is 5.37. The minimum absolute atomic E-state index is 0.186. The molecule has 1 nitrogen and oxygen atoms in total. The second kappa shape index (κ2) is 5.32. The molecule has 0 spiro atoms. The molecule has 0 aliphatic heterocycles. The van der Waals surface area contributed by atoms with E-state index < -0.39 is 0 Å². The van der Waals surface area contributed by atoms with Crippen LogP contribution in [0, 0.1) is 5.82 Å². The van der Waals surface area contributed by atoms with Crippen LogP contribution in [0.15, 0.2) is 18.2 Å². The molecular weight excluding hydrogens is 201 g/mol. The Labute approximate surface area is 89.3 Å². The molecule has 0 saturated carbocycles.